The van der Waals surface area contributed by atoms with E-state index in [1.807, 2.05) is 0 Å². The molecule has 2 aromatic rings. The molecule has 0 aliphatic rings. The van der Waals surface area contributed by atoms with E-state index in [4.69, 9.17) is 13.0 Å². The molecule has 0 radical (unpaired) electrons. The zero-order chi connectivity index (χ0) is 18.2. The lowest BCUT2D eigenvalue weighted by Crippen LogP contribution is -2.31. The topological polar surface area (TPSA) is 66.0 Å². The Balaban J connectivity index is 0.000000307. The molecule has 2 rings (SSSR count). The number of imidazole rings is 1. The first-order valence-corrected chi connectivity index (χ1v) is 8.65. The number of nitrogens with zero attached hydrogens (tertiary/aromatic N) is 2. The molecule has 1 heterocycles. The fourth-order valence-corrected chi connectivity index (χ4v) is 1.80. The molecule has 0 atom stereocenters. The van der Waals surface area contributed by atoms with Gasteiger partial charge >= 0.3 is 5.51 Å². The van der Waals surface area contributed by atoms with Gasteiger partial charge in [-0.05, 0) is 12.0 Å². The molecule has 0 saturated carbocycles. The number of unbranched alkanes of at least 4 members (excludes halogenated alkanes) is 1. The minimum absolute atomic E-state index is 0.958. The molecule has 5 nitrogen and oxygen atoms in total. The van der Waals surface area contributed by atoms with E-state index < -0.39 is 15.6 Å². The Morgan fingerprint density at radius 2 is 1.79 bits per heavy atom. The van der Waals surface area contributed by atoms with Crippen molar-refractivity contribution in [3.63, 3.8) is 0 Å². The highest BCUT2D eigenvalue weighted by Gasteiger charge is 2.36. The minimum atomic E-state index is -6.09. The van der Waals surface area contributed by atoms with E-state index >= 15 is 0 Å². The van der Waals surface area contributed by atoms with Gasteiger partial charge in [-0.2, -0.15) is 13.2 Å². The average Bonchev–Trinajstić information content (AvgIpc) is 2.92. The number of aromatic nitrogens is 2. The third-order valence-corrected chi connectivity index (χ3v) is 3.57. The highest BCUT2D eigenvalue weighted by atomic mass is 32.2. The molecule has 0 spiro atoms. The molecule has 0 fully saturated rings. The number of rotatable bonds is 5. The second-order valence-electron chi connectivity index (χ2n) is 5.06. The fraction of sp³-hybridized carbons (Fsp3) is 0.400. The van der Waals surface area contributed by atoms with Crippen LogP contribution in [0.4, 0.5) is 13.2 Å². The van der Waals surface area contributed by atoms with Gasteiger partial charge < -0.3 is 4.55 Å². The van der Waals surface area contributed by atoms with E-state index in [1.165, 1.54) is 18.4 Å². The normalized spacial score (nSPS) is 11.7. The summed E-state index contributed by atoms with van der Waals surface area (Å²) in [6, 6.07) is 10.6. The van der Waals surface area contributed by atoms with Crippen LogP contribution in [0.2, 0.25) is 0 Å². The molecule has 0 unspecified atom stereocenters. The Labute approximate surface area is 139 Å². The first kappa shape index (κ1) is 20.2. The van der Waals surface area contributed by atoms with Crippen LogP contribution in [-0.2, 0) is 23.2 Å². The predicted octanol–water partition coefficient (Wildman–Crippen LogP) is 2.68. The quantitative estimate of drug-likeness (QED) is 0.465. The molecule has 9 heteroatoms. The molecule has 0 saturated heterocycles. The molecular formula is C15H19F3N2O3S. The van der Waals surface area contributed by atoms with Gasteiger partial charge in [-0.25, -0.2) is 17.6 Å². The number of aryl methyl sites for hydroxylation is 1. The molecule has 0 aliphatic carbocycles. The van der Waals surface area contributed by atoms with Crippen molar-refractivity contribution in [2.24, 2.45) is 0 Å². The monoisotopic (exact) mass is 364 g/mol. The first-order chi connectivity index (χ1) is 11.1. The van der Waals surface area contributed by atoms with Crippen molar-refractivity contribution < 1.29 is 30.7 Å². The van der Waals surface area contributed by atoms with Gasteiger partial charge in [-0.3, -0.25) is 0 Å². The summed E-state index contributed by atoms with van der Waals surface area (Å²) in [6.07, 6.45) is 8.97. The summed E-state index contributed by atoms with van der Waals surface area (Å²) in [7, 11) is -6.09. The average molecular weight is 364 g/mol. The van der Waals surface area contributed by atoms with Crippen LogP contribution in [0.25, 0.3) is 0 Å². The summed E-state index contributed by atoms with van der Waals surface area (Å²) < 4.78 is 63.4. The van der Waals surface area contributed by atoms with Crippen LogP contribution in [0, 0.1) is 0 Å². The third-order valence-electron chi connectivity index (χ3n) is 3.01. The van der Waals surface area contributed by atoms with Crippen molar-refractivity contribution >= 4 is 10.1 Å². The lowest BCUT2D eigenvalue weighted by Gasteiger charge is -2.08. The van der Waals surface area contributed by atoms with Gasteiger partial charge in [0.05, 0.1) is 6.54 Å². The highest BCUT2D eigenvalue weighted by molar-refractivity contribution is 7.86. The van der Waals surface area contributed by atoms with Gasteiger partial charge in [0, 0.05) is 0 Å². The second kappa shape index (κ2) is 8.84. The lowest BCUT2D eigenvalue weighted by molar-refractivity contribution is -0.687. The Morgan fingerprint density at radius 1 is 1.21 bits per heavy atom. The van der Waals surface area contributed by atoms with Crippen LogP contribution in [0.5, 0.6) is 0 Å². The largest absolute Gasteiger partial charge is 0.741 e. The minimum Gasteiger partial charge on any atom is -0.741 e. The van der Waals surface area contributed by atoms with Crippen molar-refractivity contribution in [1.82, 2.24) is 4.57 Å². The molecule has 0 amide bonds. The summed E-state index contributed by atoms with van der Waals surface area (Å²) in [6.45, 7) is 4.31. The summed E-state index contributed by atoms with van der Waals surface area (Å²) in [5.41, 5.74) is -4.30. The molecular weight excluding hydrogens is 345 g/mol. The van der Waals surface area contributed by atoms with E-state index in [-0.39, 0.29) is 0 Å². The van der Waals surface area contributed by atoms with Crippen LogP contribution < -0.4 is 4.57 Å². The van der Waals surface area contributed by atoms with E-state index in [2.05, 4.69) is 65.1 Å². The Bertz CT molecular complexity index is 713. The van der Waals surface area contributed by atoms with Crippen LogP contribution in [0.1, 0.15) is 25.3 Å². The summed E-state index contributed by atoms with van der Waals surface area (Å²) in [5, 5.41) is 0. The van der Waals surface area contributed by atoms with Crippen molar-refractivity contribution in [2.75, 3.05) is 0 Å². The van der Waals surface area contributed by atoms with E-state index in [1.54, 1.807) is 0 Å². The predicted molar refractivity (Wildman–Crippen MR) is 80.8 cm³/mol. The number of halogens is 3. The summed E-state index contributed by atoms with van der Waals surface area (Å²) in [4.78, 5) is 0. The SMILES string of the molecule is CCCCn1cc[n+](Cc2ccccc2)c1.O=S(=O)([O-])C(F)(F)F. The van der Waals surface area contributed by atoms with Gasteiger partial charge in [0.15, 0.2) is 10.1 Å². The van der Waals surface area contributed by atoms with Crippen molar-refractivity contribution in [3.8, 4) is 0 Å². The number of hydrogen-bond donors (Lipinski definition) is 0. The standard InChI is InChI=1S/C14H19N2.CHF3O3S/c1-2-3-9-15-10-11-16(13-15)12-14-7-5-4-6-8-14;2-1(3,4)8(5,6)7/h4-8,10-11,13H,2-3,9,12H2,1H3;(H,5,6,7)/q+1;/p-1. The van der Waals surface area contributed by atoms with Crippen LogP contribution in [0.15, 0.2) is 49.1 Å². The number of hydrogen-bond acceptors (Lipinski definition) is 3. The third kappa shape index (κ3) is 7.14. The summed E-state index contributed by atoms with van der Waals surface area (Å²) in [5.74, 6) is 0. The molecule has 0 N–H and O–H groups in total. The Morgan fingerprint density at radius 3 is 2.29 bits per heavy atom. The lowest BCUT2D eigenvalue weighted by atomic mass is 10.2. The van der Waals surface area contributed by atoms with Gasteiger partial charge in [0.1, 0.15) is 18.9 Å². The molecule has 24 heavy (non-hydrogen) atoms. The molecule has 134 valence electrons. The molecule has 1 aromatic carbocycles. The first-order valence-electron chi connectivity index (χ1n) is 7.24. The molecule has 1 aromatic heterocycles. The maximum Gasteiger partial charge on any atom is 0.485 e. The summed E-state index contributed by atoms with van der Waals surface area (Å²) >= 11 is 0. The zero-order valence-electron chi connectivity index (χ0n) is 13.1. The maximum atomic E-state index is 10.7. The number of alkyl halides is 3. The van der Waals surface area contributed by atoms with E-state index in [0.717, 1.165) is 13.1 Å². The van der Waals surface area contributed by atoms with Crippen molar-refractivity contribution in [3.05, 3.63) is 54.6 Å². The maximum absolute atomic E-state index is 10.7. The molecule has 0 bridgehead atoms. The van der Waals surface area contributed by atoms with Crippen LogP contribution in [-0.4, -0.2) is 23.0 Å². The van der Waals surface area contributed by atoms with Crippen molar-refractivity contribution in [2.45, 2.75) is 38.4 Å². The smallest absolute Gasteiger partial charge is 0.485 e. The van der Waals surface area contributed by atoms with Gasteiger partial charge in [-0.1, -0.05) is 43.7 Å². The van der Waals surface area contributed by atoms with E-state index in [0.29, 0.717) is 0 Å². The second-order valence-corrected chi connectivity index (χ2v) is 6.43. The Hall–Kier alpha value is -1.87. The van der Waals surface area contributed by atoms with Crippen LogP contribution >= 0.6 is 0 Å². The van der Waals surface area contributed by atoms with Gasteiger partial charge in [0.2, 0.25) is 6.33 Å². The van der Waals surface area contributed by atoms with Gasteiger partial charge in [-0.15, -0.1) is 0 Å². The van der Waals surface area contributed by atoms with Crippen LogP contribution in [0.3, 0.4) is 0 Å². The highest BCUT2D eigenvalue weighted by Crippen LogP contribution is 2.20. The van der Waals surface area contributed by atoms with E-state index in [9.17, 15) is 13.2 Å². The molecule has 0 aliphatic heterocycles. The number of benzene rings is 1. The van der Waals surface area contributed by atoms with Gasteiger partial charge in [0.25, 0.3) is 0 Å². The van der Waals surface area contributed by atoms with Crippen molar-refractivity contribution in [1.29, 1.82) is 0 Å². The fourth-order valence-electron chi connectivity index (χ4n) is 1.80. The Kier molecular flexibility index (Phi) is 7.43. The zero-order valence-corrected chi connectivity index (χ0v) is 13.9.